The third kappa shape index (κ3) is 4.72. The highest BCUT2D eigenvalue weighted by Crippen LogP contribution is 2.32. The summed E-state index contributed by atoms with van der Waals surface area (Å²) in [5.41, 5.74) is 1.08. The van der Waals surface area contributed by atoms with Crippen LogP contribution in [0.2, 0.25) is 5.02 Å². The second kappa shape index (κ2) is 7.81. The van der Waals surface area contributed by atoms with Crippen molar-refractivity contribution in [1.82, 2.24) is 9.80 Å². The summed E-state index contributed by atoms with van der Waals surface area (Å²) in [7, 11) is 3.83. The standard InChI is InChI=1S/C17H27ClN2O/c1-12(2)17(14-9-7-8-10-15(14)18)19(5)11-16(21)20(6)13(3)4/h7-10,12-13,17H,11H2,1-6H3. The average molecular weight is 311 g/mol. The second-order valence-electron chi connectivity index (χ2n) is 6.22. The molecule has 1 atom stereocenters. The topological polar surface area (TPSA) is 23.6 Å². The van der Waals surface area contributed by atoms with Crippen molar-refractivity contribution in [2.45, 2.75) is 39.8 Å². The zero-order valence-corrected chi connectivity index (χ0v) is 14.7. The van der Waals surface area contributed by atoms with Gasteiger partial charge < -0.3 is 4.90 Å². The normalized spacial score (nSPS) is 13.0. The molecule has 0 aromatic heterocycles. The summed E-state index contributed by atoms with van der Waals surface area (Å²) in [6, 6.07) is 8.21. The van der Waals surface area contributed by atoms with Crippen molar-refractivity contribution in [1.29, 1.82) is 0 Å². The quantitative estimate of drug-likeness (QED) is 0.797. The number of carbonyl (C=O) groups excluding carboxylic acids is 1. The second-order valence-corrected chi connectivity index (χ2v) is 6.63. The monoisotopic (exact) mass is 310 g/mol. The summed E-state index contributed by atoms with van der Waals surface area (Å²) in [5, 5.41) is 0.757. The van der Waals surface area contributed by atoms with Crippen LogP contribution >= 0.6 is 11.6 Å². The fourth-order valence-electron chi connectivity index (χ4n) is 2.53. The minimum atomic E-state index is 0.128. The van der Waals surface area contributed by atoms with Crippen molar-refractivity contribution in [3.63, 3.8) is 0 Å². The van der Waals surface area contributed by atoms with Gasteiger partial charge in [0.15, 0.2) is 0 Å². The smallest absolute Gasteiger partial charge is 0.236 e. The van der Waals surface area contributed by atoms with Crippen LogP contribution in [0.3, 0.4) is 0 Å². The van der Waals surface area contributed by atoms with Gasteiger partial charge in [-0.1, -0.05) is 43.6 Å². The molecule has 0 fully saturated rings. The third-order valence-electron chi connectivity index (χ3n) is 3.88. The number of hydrogen-bond donors (Lipinski definition) is 0. The largest absolute Gasteiger partial charge is 0.342 e. The Morgan fingerprint density at radius 3 is 2.19 bits per heavy atom. The van der Waals surface area contributed by atoms with E-state index in [0.29, 0.717) is 12.5 Å². The summed E-state index contributed by atoms with van der Waals surface area (Å²) < 4.78 is 0. The molecule has 3 nitrogen and oxygen atoms in total. The molecule has 0 radical (unpaired) electrons. The summed E-state index contributed by atoms with van der Waals surface area (Å²) in [4.78, 5) is 16.2. The molecule has 1 aromatic rings. The Balaban J connectivity index is 2.92. The molecule has 0 saturated heterocycles. The van der Waals surface area contributed by atoms with Crippen LogP contribution in [0.15, 0.2) is 24.3 Å². The van der Waals surface area contributed by atoms with Crippen molar-refractivity contribution >= 4 is 17.5 Å². The van der Waals surface area contributed by atoms with Gasteiger partial charge in [-0.25, -0.2) is 0 Å². The Morgan fingerprint density at radius 2 is 1.71 bits per heavy atom. The first-order valence-electron chi connectivity index (χ1n) is 7.46. The lowest BCUT2D eigenvalue weighted by Gasteiger charge is -2.33. The molecule has 118 valence electrons. The van der Waals surface area contributed by atoms with Gasteiger partial charge >= 0.3 is 0 Å². The van der Waals surface area contributed by atoms with Crippen molar-refractivity contribution in [2.24, 2.45) is 5.92 Å². The molecule has 4 heteroatoms. The molecule has 0 bridgehead atoms. The highest BCUT2D eigenvalue weighted by molar-refractivity contribution is 6.31. The highest BCUT2D eigenvalue weighted by atomic mass is 35.5. The predicted molar refractivity (Wildman–Crippen MR) is 89.6 cm³/mol. The number of likely N-dealkylation sites (N-methyl/N-ethyl adjacent to an activating group) is 2. The first kappa shape index (κ1) is 18.0. The third-order valence-corrected chi connectivity index (χ3v) is 4.23. The zero-order valence-electron chi connectivity index (χ0n) is 13.9. The van der Waals surface area contributed by atoms with Gasteiger partial charge in [0.2, 0.25) is 5.91 Å². The van der Waals surface area contributed by atoms with E-state index in [9.17, 15) is 4.79 Å². The molecule has 1 aromatic carbocycles. The number of rotatable bonds is 6. The molecule has 21 heavy (non-hydrogen) atoms. The number of nitrogens with zero attached hydrogens (tertiary/aromatic N) is 2. The maximum absolute atomic E-state index is 12.3. The lowest BCUT2D eigenvalue weighted by molar-refractivity contribution is -0.133. The molecule has 0 aliphatic rings. The summed E-state index contributed by atoms with van der Waals surface area (Å²) in [5.74, 6) is 0.497. The van der Waals surface area contributed by atoms with E-state index in [1.807, 2.05) is 52.2 Å². The molecule has 0 N–H and O–H groups in total. The van der Waals surface area contributed by atoms with Crippen LogP contribution in [0.25, 0.3) is 0 Å². The van der Waals surface area contributed by atoms with Gasteiger partial charge in [-0.3, -0.25) is 9.69 Å². The van der Waals surface area contributed by atoms with E-state index in [1.54, 1.807) is 4.90 Å². The van der Waals surface area contributed by atoms with Gasteiger partial charge in [-0.15, -0.1) is 0 Å². The summed E-state index contributed by atoms with van der Waals surface area (Å²) >= 11 is 6.33. The SMILES string of the molecule is CC(C)C(c1ccccc1Cl)N(C)CC(=O)N(C)C(C)C. The fraction of sp³-hybridized carbons (Fsp3) is 0.588. The molecule has 0 saturated carbocycles. The highest BCUT2D eigenvalue weighted by Gasteiger charge is 2.25. The Bertz CT molecular complexity index is 474. The van der Waals surface area contributed by atoms with Crippen LogP contribution in [0.1, 0.15) is 39.3 Å². The maximum Gasteiger partial charge on any atom is 0.236 e. The first-order chi connectivity index (χ1) is 9.75. The van der Waals surface area contributed by atoms with E-state index in [4.69, 9.17) is 11.6 Å². The number of hydrogen-bond acceptors (Lipinski definition) is 2. The Morgan fingerprint density at radius 1 is 1.14 bits per heavy atom. The van der Waals surface area contributed by atoms with Crippen molar-refractivity contribution in [3.8, 4) is 0 Å². The van der Waals surface area contributed by atoms with Crippen molar-refractivity contribution in [3.05, 3.63) is 34.9 Å². The molecular formula is C17H27ClN2O. The van der Waals surface area contributed by atoms with E-state index < -0.39 is 0 Å². The van der Waals surface area contributed by atoms with Crippen LogP contribution in [-0.4, -0.2) is 42.4 Å². The van der Waals surface area contributed by atoms with Gasteiger partial charge in [0, 0.05) is 24.2 Å². The van der Waals surface area contributed by atoms with Crippen LogP contribution in [-0.2, 0) is 4.79 Å². The summed E-state index contributed by atoms with van der Waals surface area (Å²) in [6.45, 7) is 8.74. The number of benzene rings is 1. The molecule has 0 spiro atoms. The maximum atomic E-state index is 12.3. The van der Waals surface area contributed by atoms with Gasteiger partial charge in [-0.05, 0) is 38.4 Å². The minimum absolute atomic E-state index is 0.128. The van der Waals surface area contributed by atoms with Crippen LogP contribution in [0, 0.1) is 5.92 Å². The molecule has 1 amide bonds. The van der Waals surface area contributed by atoms with E-state index in [1.165, 1.54) is 0 Å². The molecular weight excluding hydrogens is 284 g/mol. The average Bonchev–Trinajstić information content (AvgIpc) is 2.39. The van der Waals surface area contributed by atoms with Crippen LogP contribution < -0.4 is 0 Å². The number of halogens is 1. The predicted octanol–water partition coefficient (Wildman–Crippen LogP) is 3.84. The molecule has 0 aliphatic heterocycles. The van der Waals surface area contributed by atoms with Gasteiger partial charge in [0.05, 0.1) is 6.54 Å². The first-order valence-corrected chi connectivity index (χ1v) is 7.83. The van der Waals surface area contributed by atoms with Gasteiger partial charge in [0.1, 0.15) is 0 Å². The van der Waals surface area contributed by atoms with E-state index in [0.717, 1.165) is 10.6 Å². The zero-order chi connectivity index (χ0) is 16.2. The van der Waals surface area contributed by atoms with Crippen LogP contribution in [0.5, 0.6) is 0 Å². The molecule has 1 unspecified atom stereocenters. The molecule has 1 rings (SSSR count). The lowest BCUT2D eigenvalue weighted by Crippen LogP contribution is -2.42. The lowest BCUT2D eigenvalue weighted by atomic mass is 9.94. The minimum Gasteiger partial charge on any atom is -0.342 e. The van der Waals surface area contributed by atoms with E-state index in [2.05, 4.69) is 18.7 Å². The van der Waals surface area contributed by atoms with Crippen LogP contribution in [0.4, 0.5) is 0 Å². The van der Waals surface area contributed by atoms with Gasteiger partial charge in [-0.2, -0.15) is 0 Å². The number of carbonyl (C=O) groups is 1. The Kier molecular flexibility index (Phi) is 6.69. The van der Waals surface area contributed by atoms with E-state index >= 15 is 0 Å². The molecule has 0 heterocycles. The fourth-order valence-corrected chi connectivity index (χ4v) is 2.78. The Labute approximate surface area is 133 Å². The summed E-state index contributed by atoms with van der Waals surface area (Å²) in [6.07, 6.45) is 0. The Hall–Kier alpha value is -1.06. The number of amides is 1. The molecule has 0 aliphatic carbocycles. The van der Waals surface area contributed by atoms with E-state index in [-0.39, 0.29) is 18.0 Å². The van der Waals surface area contributed by atoms with Crippen molar-refractivity contribution in [2.75, 3.05) is 20.6 Å². The van der Waals surface area contributed by atoms with Crippen molar-refractivity contribution < 1.29 is 4.79 Å². The van der Waals surface area contributed by atoms with Gasteiger partial charge in [0.25, 0.3) is 0 Å².